The van der Waals surface area contributed by atoms with Crippen LogP contribution in [0.25, 0.3) is 11.3 Å². The van der Waals surface area contributed by atoms with Crippen LogP contribution in [0.5, 0.6) is 0 Å². The average Bonchev–Trinajstić information content (AvgIpc) is 3.50. The van der Waals surface area contributed by atoms with Gasteiger partial charge in [0.25, 0.3) is 0 Å². The van der Waals surface area contributed by atoms with Crippen molar-refractivity contribution in [2.45, 2.75) is 64.7 Å². The first-order valence-electron chi connectivity index (χ1n) is 12.4. The molecule has 4 rings (SSSR count). The molecule has 178 valence electrons. The highest BCUT2D eigenvalue weighted by Gasteiger charge is 2.45. The van der Waals surface area contributed by atoms with Crippen molar-refractivity contribution in [1.82, 2.24) is 15.0 Å². The number of rotatable bonds is 7. The highest BCUT2D eigenvalue weighted by Crippen LogP contribution is 2.37. The Labute approximate surface area is 197 Å². The normalized spacial score (nSPS) is 21.4. The Morgan fingerprint density at radius 1 is 1.15 bits per heavy atom. The van der Waals surface area contributed by atoms with E-state index in [9.17, 15) is 9.59 Å². The Kier molecular flexibility index (Phi) is 7.20. The molecule has 0 N–H and O–H groups in total. The van der Waals surface area contributed by atoms with Gasteiger partial charge in [-0.25, -0.2) is 0 Å². The van der Waals surface area contributed by atoms with E-state index in [4.69, 9.17) is 4.52 Å². The van der Waals surface area contributed by atoms with Gasteiger partial charge in [-0.2, -0.15) is 0 Å². The predicted molar refractivity (Wildman–Crippen MR) is 129 cm³/mol. The Morgan fingerprint density at radius 2 is 1.88 bits per heavy atom. The maximum atomic E-state index is 13.4. The van der Waals surface area contributed by atoms with Gasteiger partial charge in [-0.3, -0.25) is 9.59 Å². The summed E-state index contributed by atoms with van der Waals surface area (Å²) >= 11 is 0. The molecule has 1 aromatic carbocycles. The van der Waals surface area contributed by atoms with Crippen LogP contribution in [0.4, 0.5) is 0 Å². The van der Waals surface area contributed by atoms with Crippen molar-refractivity contribution in [3.8, 4) is 11.3 Å². The second kappa shape index (κ2) is 10.1. The number of hydrogen-bond donors (Lipinski definition) is 0. The number of nitrogens with zero attached hydrogens (tertiary/aromatic N) is 3. The number of benzene rings is 1. The Hall–Kier alpha value is -2.63. The van der Waals surface area contributed by atoms with E-state index in [2.05, 4.69) is 24.2 Å². The monoisotopic (exact) mass is 451 g/mol. The first-order valence-corrected chi connectivity index (χ1v) is 12.4. The lowest BCUT2D eigenvalue weighted by molar-refractivity contribution is -0.147. The molecule has 1 atom stereocenters. The van der Waals surface area contributed by atoms with Crippen LogP contribution in [0.15, 0.2) is 34.9 Å². The minimum Gasteiger partial charge on any atom is -0.361 e. The molecule has 2 aromatic rings. The first-order chi connectivity index (χ1) is 15.9. The summed E-state index contributed by atoms with van der Waals surface area (Å²) in [4.78, 5) is 30.1. The third kappa shape index (κ3) is 5.48. The lowest BCUT2D eigenvalue weighted by Gasteiger charge is -2.42. The molecular weight excluding hydrogens is 414 g/mol. The number of hydrogen-bond acceptors (Lipinski definition) is 4. The van der Waals surface area contributed by atoms with E-state index in [1.807, 2.05) is 23.1 Å². The molecule has 0 radical (unpaired) electrons. The molecule has 1 aliphatic heterocycles. The molecular formula is C27H37N3O3. The molecule has 6 heteroatoms. The summed E-state index contributed by atoms with van der Waals surface area (Å²) in [5, 5.41) is 4.26. The molecule has 33 heavy (non-hydrogen) atoms. The largest absolute Gasteiger partial charge is 0.361 e. The summed E-state index contributed by atoms with van der Waals surface area (Å²) in [6, 6.07) is 10.1. The van der Waals surface area contributed by atoms with Gasteiger partial charge >= 0.3 is 0 Å². The van der Waals surface area contributed by atoms with Gasteiger partial charge in [0.15, 0.2) is 0 Å². The number of carbonyl (C=O) groups excluding carboxylic acids is 2. The fourth-order valence-corrected chi connectivity index (χ4v) is 5.59. The van der Waals surface area contributed by atoms with Crippen molar-refractivity contribution < 1.29 is 14.1 Å². The van der Waals surface area contributed by atoms with Crippen LogP contribution in [0, 0.1) is 18.3 Å². The smallest absolute Gasteiger partial charge is 0.230 e. The minimum absolute atomic E-state index is 0.0593. The summed E-state index contributed by atoms with van der Waals surface area (Å²) in [7, 11) is 3.59. The maximum Gasteiger partial charge on any atom is 0.230 e. The molecule has 2 amide bonds. The number of piperidine rings is 1. The van der Waals surface area contributed by atoms with E-state index < -0.39 is 5.41 Å². The van der Waals surface area contributed by atoms with E-state index >= 15 is 0 Å². The first kappa shape index (κ1) is 23.5. The van der Waals surface area contributed by atoms with E-state index in [1.54, 1.807) is 19.0 Å². The van der Waals surface area contributed by atoms with E-state index in [-0.39, 0.29) is 11.8 Å². The Morgan fingerprint density at radius 3 is 2.58 bits per heavy atom. The molecule has 1 aromatic heterocycles. The molecule has 1 aliphatic carbocycles. The number of carbonyl (C=O) groups is 2. The minimum atomic E-state index is -0.672. The molecule has 0 spiro atoms. The fraction of sp³-hybridized carbons (Fsp3) is 0.593. The third-order valence-corrected chi connectivity index (χ3v) is 7.45. The van der Waals surface area contributed by atoms with Crippen molar-refractivity contribution in [1.29, 1.82) is 0 Å². The van der Waals surface area contributed by atoms with Gasteiger partial charge in [-0.1, -0.05) is 60.7 Å². The van der Waals surface area contributed by atoms with Crippen molar-refractivity contribution in [3.63, 3.8) is 0 Å². The zero-order valence-electron chi connectivity index (χ0n) is 20.3. The van der Waals surface area contributed by atoms with Crippen LogP contribution in [0.2, 0.25) is 0 Å². The fourth-order valence-electron chi connectivity index (χ4n) is 5.59. The molecule has 6 nitrogen and oxygen atoms in total. The molecule has 0 bridgehead atoms. The topological polar surface area (TPSA) is 66.7 Å². The van der Waals surface area contributed by atoms with Gasteiger partial charge in [-0.05, 0) is 32.1 Å². The van der Waals surface area contributed by atoms with Crippen LogP contribution >= 0.6 is 0 Å². The molecule has 2 fully saturated rings. The predicted octanol–water partition coefficient (Wildman–Crippen LogP) is 4.86. The average molecular weight is 452 g/mol. The van der Waals surface area contributed by atoms with Gasteiger partial charge in [0.1, 0.15) is 11.5 Å². The summed E-state index contributed by atoms with van der Waals surface area (Å²) in [5.74, 6) is 1.64. The van der Waals surface area contributed by atoms with Crippen molar-refractivity contribution in [2.24, 2.45) is 11.3 Å². The summed E-state index contributed by atoms with van der Waals surface area (Å²) in [6.07, 6.45) is 8.70. The van der Waals surface area contributed by atoms with Crippen molar-refractivity contribution in [2.75, 3.05) is 27.2 Å². The summed E-state index contributed by atoms with van der Waals surface area (Å²) in [6.45, 7) is 3.24. The molecule has 2 heterocycles. The molecule has 2 aliphatic rings. The van der Waals surface area contributed by atoms with Gasteiger partial charge in [0, 0.05) is 51.7 Å². The van der Waals surface area contributed by atoms with Gasteiger partial charge in [0.05, 0.1) is 5.41 Å². The molecule has 1 saturated heterocycles. The number of aromatic nitrogens is 1. The third-order valence-electron chi connectivity index (χ3n) is 7.45. The number of amides is 2. The number of likely N-dealkylation sites (tertiary alicyclic amines) is 1. The second-order valence-electron chi connectivity index (χ2n) is 10.3. The zero-order valence-corrected chi connectivity index (χ0v) is 20.3. The van der Waals surface area contributed by atoms with E-state index in [0.717, 1.165) is 37.1 Å². The summed E-state index contributed by atoms with van der Waals surface area (Å²) < 4.78 is 5.69. The van der Waals surface area contributed by atoms with Crippen molar-refractivity contribution >= 4 is 11.8 Å². The quantitative estimate of drug-likeness (QED) is 0.603. The van der Waals surface area contributed by atoms with Gasteiger partial charge in [0.2, 0.25) is 11.8 Å². The molecule has 1 saturated carbocycles. The van der Waals surface area contributed by atoms with Gasteiger partial charge < -0.3 is 14.3 Å². The lowest BCUT2D eigenvalue weighted by atomic mass is 9.75. The lowest BCUT2D eigenvalue weighted by Crippen LogP contribution is -2.54. The second-order valence-corrected chi connectivity index (χ2v) is 10.3. The van der Waals surface area contributed by atoms with Crippen LogP contribution in [0.1, 0.15) is 62.7 Å². The SMILES string of the molecule is Cc1ccc(-c2cc(C[C@]3(C(=O)N(C)C)CCCN(C(=O)CCC4CCCC4)C3)on2)cc1. The van der Waals surface area contributed by atoms with Gasteiger partial charge in [-0.15, -0.1) is 0 Å². The van der Waals surface area contributed by atoms with Crippen LogP contribution in [0.3, 0.4) is 0 Å². The van der Waals surface area contributed by atoms with Crippen LogP contribution < -0.4 is 0 Å². The van der Waals surface area contributed by atoms with Crippen LogP contribution in [-0.4, -0.2) is 54.0 Å². The Bertz CT molecular complexity index is 959. The highest BCUT2D eigenvalue weighted by molar-refractivity contribution is 5.84. The zero-order chi connectivity index (χ0) is 23.4. The van der Waals surface area contributed by atoms with Crippen molar-refractivity contribution in [3.05, 3.63) is 41.7 Å². The highest BCUT2D eigenvalue weighted by atomic mass is 16.5. The van der Waals surface area contributed by atoms with E-state index in [0.29, 0.717) is 31.1 Å². The summed E-state index contributed by atoms with van der Waals surface area (Å²) in [5.41, 5.74) is 2.29. The van der Waals surface area contributed by atoms with E-state index in [1.165, 1.54) is 31.2 Å². The molecule has 0 unspecified atom stereocenters. The Balaban J connectivity index is 1.49. The van der Waals surface area contributed by atoms with Crippen LogP contribution in [-0.2, 0) is 16.0 Å². The standard InChI is InChI=1S/C27H37N3O3/c1-20-9-12-22(13-10-20)24-17-23(33-28-24)18-27(26(32)29(2)3)15-6-16-30(19-27)25(31)14-11-21-7-4-5-8-21/h9-10,12-13,17,21H,4-8,11,14-16,18-19H2,1-3H3/t27-/m1/s1. The number of aryl methyl sites for hydroxylation is 1. The maximum absolute atomic E-state index is 13.4.